The van der Waals surface area contributed by atoms with Crippen LogP contribution in [-0.4, -0.2) is 69.0 Å². The molecule has 2 aliphatic heterocycles. The molecular weight excluding hydrogens is 498 g/mol. The average Bonchev–Trinajstić information content (AvgIpc) is 2.88. The summed E-state index contributed by atoms with van der Waals surface area (Å²) in [5.74, 6) is 0.289. The van der Waals surface area contributed by atoms with Gasteiger partial charge in [0.15, 0.2) is 0 Å². The number of likely N-dealkylation sites (tertiary alicyclic amines) is 1. The number of nitrogens with zero attached hydrogens (tertiary/aromatic N) is 2. The number of ether oxygens (including phenoxy) is 1. The van der Waals surface area contributed by atoms with Crippen molar-refractivity contribution in [2.45, 2.75) is 70.4 Å². The molecule has 2 heterocycles. The third-order valence-electron chi connectivity index (χ3n) is 7.73. The number of rotatable bonds is 10. The molecule has 1 amide bonds. The zero-order valence-corrected chi connectivity index (χ0v) is 23.9. The number of sulfonamides is 1. The first-order valence-electron chi connectivity index (χ1n) is 13.9. The molecule has 0 spiro atoms. The lowest BCUT2D eigenvalue weighted by atomic mass is 9.97. The molecule has 208 valence electrons. The van der Waals surface area contributed by atoms with Gasteiger partial charge in [-0.3, -0.25) is 9.69 Å². The van der Waals surface area contributed by atoms with Crippen LogP contribution < -0.4 is 5.32 Å². The largest absolute Gasteiger partial charge is 0.370 e. The second-order valence-corrected chi connectivity index (χ2v) is 12.9. The molecule has 0 aromatic heterocycles. The maximum Gasteiger partial charge on any atom is 0.246 e. The van der Waals surface area contributed by atoms with Crippen molar-refractivity contribution in [2.24, 2.45) is 5.92 Å². The topological polar surface area (TPSA) is 78.9 Å². The van der Waals surface area contributed by atoms with Crippen LogP contribution in [0.2, 0.25) is 0 Å². The van der Waals surface area contributed by atoms with Gasteiger partial charge in [0.05, 0.1) is 11.5 Å². The predicted octanol–water partition coefficient (Wildman–Crippen LogP) is 4.20. The highest BCUT2D eigenvalue weighted by atomic mass is 32.2. The summed E-state index contributed by atoms with van der Waals surface area (Å²) in [5, 5.41) is 3.04. The Morgan fingerprint density at radius 2 is 1.74 bits per heavy atom. The van der Waals surface area contributed by atoms with Crippen LogP contribution in [0.4, 0.5) is 0 Å². The SMILES string of the molecule is Cc1cc(C)c(S(=O)(=O)N2CCCCC2COCC(=O)NCC2CCCN(Cc3ccccc3)C2)c(C)c1. The number of hydrogen-bond acceptors (Lipinski definition) is 5. The second-order valence-electron chi connectivity index (χ2n) is 11.0. The molecule has 0 aliphatic carbocycles. The number of carbonyl (C=O) groups is 1. The molecular formula is C30H43N3O4S. The van der Waals surface area contributed by atoms with E-state index in [0.29, 0.717) is 23.9 Å². The molecule has 2 aromatic rings. The van der Waals surface area contributed by atoms with Crippen molar-refractivity contribution in [3.05, 3.63) is 64.7 Å². The quantitative estimate of drug-likeness (QED) is 0.488. The molecule has 38 heavy (non-hydrogen) atoms. The van der Waals surface area contributed by atoms with Crippen LogP contribution in [0.15, 0.2) is 47.4 Å². The molecule has 0 bridgehead atoms. The molecule has 2 saturated heterocycles. The molecule has 8 heteroatoms. The number of hydrogen-bond donors (Lipinski definition) is 1. The minimum Gasteiger partial charge on any atom is -0.370 e. The lowest BCUT2D eigenvalue weighted by molar-refractivity contribution is -0.126. The Bertz CT molecular complexity index is 1160. The Morgan fingerprint density at radius 3 is 2.47 bits per heavy atom. The van der Waals surface area contributed by atoms with Crippen molar-refractivity contribution < 1.29 is 17.9 Å². The Labute approximate surface area is 228 Å². The fourth-order valence-electron chi connectivity index (χ4n) is 6.05. The first-order chi connectivity index (χ1) is 18.2. The number of nitrogens with one attached hydrogen (secondary N) is 1. The number of amides is 1. The van der Waals surface area contributed by atoms with Crippen molar-refractivity contribution in [1.29, 1.82) is 0 Å². The summed E-state index contributed by atoms with van der Waals surface area (Å²) in [6.45, 7) is 10.0. The van der Waals surface area contributed by atoms with Crippen molar-refractivity contribution in [3.63, 3.8) is 0 Å². The second kappa shape index (κ2) is 13.2. The molecule has 2 unspecified atom stereocenters. The van der Waals surface area contributed by atoms with E-state index in [9.17, 15) is 13.2 Å². The summed E-state index contributed by atoms with van der Waals surface area (Å²) in [6, 6.07) is 14.1. The minimum atomic E-state index is -3.64. The van der Waals surface area contributed by atoms with E-state index < -0.39 is 10.0 Å². The van der Waals surface area contributed by atoms with Gasteiger partial charge in [0.2, 0.25) is 15.9 Å². The molecule has 7 nitrogen and oxygen atoms in total. The van der Waals surface area contributed by atoms with Gasteiger partial charge in [-0.05, 0) is 75.6 Å². The zero-order chi connectivity index (χ0) is 27.1. The number of benzene rings is 2. The fraction of sp³-hybridized carbons (Fsp3) is 0.567. The van der Waals surface area contributed by atoms with E-state index in [2.05, 4.69) is 34.5 Å². The van der Waals surface area contributed by atoms with Crippen LogP contribution in [0, 0.1) is 26.7 Å². The van der Waals surface area contributed by atoms with Gasteiger partial charge in [0.1, 0.15) is 6.61 Å². The Balaban J connectivity index is 1.25. The normalized spacial score (nSPS) is 21.3. The van der Waals surface area contributed by atoms with E-state index in [1.165, 1.54) is 5.56 Å². The third kappa shape index (κ3) is 7.44. The monoisotopic (exact) mass is 541 g/mol. The average molecular weight is 542 g/mol. The minimum absolute atomic E-state index is 0.0482. The van der Waals surface area contributed by atoms with Crippen molar-refractivity contribution in [1.82, 2.24) is 14.5 Å². The summed E-state index contributed by atoms with van der Waals surface area (Å²) in [5.41, 5.74) is 3.92. The van der Waals surface area contributed by atoms with Gasteiger partial charge in [-0.15, -0.1) is 0 Å². The Morgan fingerprint density at radius 1 is 1.00 bits per heavy atom. The smallest absolute Gasteiger partial charge is 0.246 e. The molecule has 1 N–H and O–H groups in total. The number of aryl methyl sites for hydroxylation is 3. The molecule has 4 rings (SSSR count). The summed E-state index contributed by atoms with van der Waals surface area (Å²) in [6.07, 6.45) is 4.78. The highest BCUT2D eigenvalue weighted by Gasteiger charge is 2.35. The van der Waals surface area contributed by atoms with Crippen LogP contribution in [0.3, 0.4) is 0 Å². The van der Waals surface area contributed by atoms with Crippen molar-refractivity contribution >= 4 is 15.9 Å². The Kier molecular flexibility index (Phi) is 9.98. The number of carbonyl (C=O) groups excluding carboxylic acids is 1. The molecule has 0 saturated carbocycles. The van der Waals surface area contributed by atoms with Gasteiger partial charge in [-0.2, -0.15) is 4.31 Å². The van der Waals surface area contributed by atoms with Crippen molar-refractivity contribution in [3.8, 4) is 0 Å². The van der Waals surface area contributed by atoms with Gasteiger partial charge in [-0.1, -0.05) is 54.4 Å². The molecule has 2 fully saturated rings. The first kappa shape index (κ1) is 28.7. The zero-order valence-electron chi connectivity index (χ0n) is 23.1. The van der Waals surface area contributed by atoms with Crippen LogP contribution >= 0.6 is 0 Å². The standard InChI is InChI=1S/C30H43N3O4S/c1-23-16-24(2)30(25(3)17-23)38(35,36)33-15-8-7-13-28(33)21-37-22-29(34)31-18-27-12-9-14-32(20-27)19-26-10-5-4-6-11-26/h4-6,10-11,16-17,27-28H,7-9,12-15,18-22H2,1-3H3,(H,31,34). The maximum atomic E-state index is 13.7. The van der Waals surface area contributed by atoms with E-state index >= 15 is 0 Å². The maximum absolute atomic E-state index is 13.7. The van der Waals surface area contributed by atoms with Gasteiger partial charge < -0.3 is 10.1 Å². The van der Waals surface area contributed by atoms with Gasteiger partial charge in [0, 0.05) is 32.2 Å². The van der Waals surface area contributed by atoms with Crippen LogP contribution in [0.25, 0.3) is 0 Å². The summed E-state index contributed by atoms with van der Waals surface area (Å²) < 4.78 is 34.7. The van der Waals surface area contributed by atoms with Gasteiger partial charge in [0.25, 0.3) is 0 Å². The lowest BCUT2D eigenvalue weighted by Gasteiger charge is -2.35. The summed E-state index contributed by atoms with van der Waals surface area (Å²) in [4.78, 5) is 15.4. The van der Waals surface area contributed by atoms with Crippen LogP contribution in [0.1, 0.15) is 54.4 Å². The van der Waals surface area contributed by atoms with E-state index in [1.54, 1.807) is 4.31 Å². The highest BCUT2D eigenvalue weighted by molar-refractivity contribution is 7.89. The predicted molar refractivity (Wildman–Crippen MR) is 150 cm³/mol. The van der Waals surface area contributed by atoms with E-state index in [1.807, 2.05) is 39.0 Å². The van der Waals surface area contributed by atoms with Crippen LogP contribution in [-0.2, 0) is 26.1 Å². The van der Waals surface area contributed by atoms with E-state index in [4.69, 9.17) is 4.74 Å². The summed E-state index contributed by atoms with van der Waals surface area (Å²) in [7, 11) is -3.64. The number of piperidine rings is 2. The third-order valence-corrected chi connectivity index (χ3v) is 9.99. The van der Waals surface area contributed by atoms with E-state index in [0.717, 1.165) is 68.4 Å². The fourth-order valence-corrected chi connectivity index (χ4v) is 8.14. The van der Waals surface area contributed by atoms with E-state index in [-0.39, 0.29) is 25.2 Å². The van der Waals surface area contributed by atoms with Gasteiger partial charge in [-0.25, -0.2) is 8.42 Å². The summed E-state index contributed by atoms with van der Waals surface area (Å²) >= 11 is 0. The molecule has 2 aromatic carbocycles. The first-order valence-corrected chi connectivity index (χ1v) is 15.4. The molecule has 2 aliphatic rings. The lowest BCUT2D eigenvalue weighted by Crippen LogP contribution is -2.47. The molecule has 0 radical (unpaired) electrons. The highest BCUT2D eigenvalue weighted by Crippen LogP contribution is 2.30. The van der Waals surface area contributed by atoms with Crippen molar-refractivity contribution in [2.75, 3.05) is 39.4 Å². The Hall–Kier alpha value is -2.26. The van der Waals surface area contributed by atoms with Gasteiger partial charge >= 0.3 is 0 Å². The van der Waals surface area contributed by atoms with Crippen LogP contribution in [0.5, 0.6) is 0 Å². The molecule has 2 atom stereocenters.